The molecule has 0 radical (unpaired) electrons. The van der Waals surface area contributed by atoms with Gasteiger partial charge in [-0.25, -0.2) is 22.9 Å². The molecule has 8 heteroatoms. The maximum atomic E-state index is 13.8. The third kappa shape index (κ3) is 4.28. The van der Waals surface area contributed by atoms with Crippen LogP contribution in [0, 0.1) is 24.4 Å². The van der Waals surface area contributed by atoms with Crippen molar-refractivity contribution in [2.24, 2.45) is 0 Å². The van der Waals surface area contributed by atoms with Gasteiger partial charge in [0.25, 0.3) is 0 Å². The van der Waals surface area contributed by atoms with Gasteiger partial charge in [-0.2, -0.15) is 0 Å². The molecule has 0 amide bonds. The zero-order valence-corrected chi connectivity index (χ0v) is 14.9. The number of benzene rings is 2. The Kier molecular flexibility index (Phi) is 5.46. The van der Waals surface area contributed by atoms with Gasteiger partial charge in [-0.15, -0.1) is 11.3 Å². The third-order valence-corrected chi connectivity index (χ3v) is 4.68. The minimum absolute atomic E-state index is 0.0334. The maximum Gasteiger partial charge on any atom is 0.355 e. The van der Waals surface area contributed by atoms with Gasteiger partial charge in [0, 0.05) is 22.9 Å². The molecule has 2 aromatic carbocycles. The topological polar surface area (TPSA) is 59.4 Å². The number of aryl methyl sites for hydroxylation is 1. The molecule has 0 saturated carbocycles. The number of hydrogen-bond donors (Lipinski definition) is 1. The van der Waals surface area contributed by atoms with Crippen molar-refractivity contribution in [1.82, 2.24) is 4.98 Å². The Labute approximate surface area is 156 Å². The summed E-state index contributed by atoms with van der Waals surface area (Å²) in [7, 11) is 0. The SMILES string of the molecule is Cc1ccc(OCc2ccc(F)c(F)c2F)c(Cc2nc(C(=O)O)cs2)c1. The van der Waals surface area contributed by atoms with Crippen molar-refractivity contribution in [2.75, 3.05) is 0 Å². The van der Waals surface area contributed by atoms with Crippen LogP contribution in [0.3, 0.4) is 0 Å². The van der Waals surface area contributed by atoms with Crippen molar-refractivity contribution in [1.29, 1.82) is 0 Å². The van der Waals surface area contributed by atoms with Crippen LogP contribution in [0.4, 0.5) is 13.2 Å². The fourth-order valence-corrected chi connectivity index (χ4v) is 3.26. The van der Waals surface area contributed by atoms with Crippen LogP contribution < -0.4 is 4.74 Å². The van der Waals surface area contributed by atoms with Crippen LogP contribution in [0.5, 0.6) is 5.75 Å². The zero-order chi connectivity index (χ0) is 19.6. The number of halogens is 3. The fourth-order valence-electron chi connectivity index (χ4n) is 2.47. The first-order chi connectivity index (χ1) is 12.8. The first kappa shape index (κ1) is 18.9. The molecule has 4 nitrogen and oxygen atoms in total. The molecular formula is C19H14F3NO3S. The number of nitrogens with zero attached hydrogens (tertiary/aromatic N) is 1. The van der Waals surface area contributed by atoms with Gasteiger partial charge in [-0.3, -0.25) is 0 Å². The van der Waals surface area contributed by atoms with Crippen molar-refractivity contribution in [2.45, 2.75) is 20.0 Å². The number of rotatable bonds is 6. The van der Waals surface area contributed by atoms with E-state index in [1.54, 1.807) is 12.1 Å². The highest BCUT2D eigenvalue weighted by Gasteiger charge is 2.15. The number of carboxylic acid groups (broad SMARTS) is 1. The van der Waals surface area contributed by atoms with E-state index in [9.17, 15) is 18.0 Å². The molecule has 0 unspecified atom stereocenters. The van der Waals surface area contributed by atoms with Gasteiger partial charge in [-0.1, -0.05) is 17.7 Å². The van der Waals surface area contributed by atoms with Crippen molar-refractivity contribution in [3.63, 3.8) is 0 Å². The van der Waals surface area contributed by atoms with Crippen LogP contribution in [-0.2, 0) is 13.0 Å². The number of hydrogen-bond acceptors (Lipinski definition) is 4. The fraction of sp³-hybridized carbons (Fsp3) is 0.158. The minimum atomic E-state index is -1.54. The number of aromatic nitrogens is 1. The lowest BCUT2D eigenvalue weighted by molar-refractivity contribution is 0.0691. The summed E-state index contributed by atoms with van der Waals surface area (Å²) >= 11 is 1.21. The predicted octanol–water partition coefficient (Wildman–Crippen LogP) is 4.74. The maximum absolute atomic E-state index is 13.8. The molecule has 0 fully saturated rings. The van der Waals surface area contributed by atoms with Crippen molar-refractivity contribution in [3.05, 3.63) is 80.6 Å². The van der Waals surface area contributed by atoms with E-state index in [2.05, 4.69) is 4.98 Å². The number of thiazole rings is 1. The minimum Gasteiger partial charge on any atom is -0.488 e. The molecular weight excluding hydrogens is 379 g/mol. The molecule has 0 aliphatic heterocycles. The zero-order valence-electron chi connectivity index (χ0n) is 14.1. The molecule has 3 rings (SSSR count). The van der Waals surface area contributed by atoms with Crippen molar-refractivity contribution < 1.29 is 27.8 Å². The molecule has 3 aromatic rings. The number of aromatic carboxylic acids is 1. The van der Waals surface area contributed by atoms with E-state index in [1.807, 2.05) is 13.0 Å². The lowest BCUT2D eigenvalue weighted by Gasteiger charge is -2.12. The Hall–Kier alpha value is -2.87. The lowest BCUT2D eigenvalue weighted by atomic mass is 10.1. The van der Waals surface area contributed by atoms with E-state index in [-0.39, 0.29) is 17.9 Å². The molecule has 0 aliphatic carbocycles. The lowest BCUT2D eigenvalue weighted by Crippen LogP contribution is -2.04. The van der Waals surface area contributed by atoms with Crippen LogP contribution >= 0.6 is 11.3 Å². The average molecular weight is 393 g/mol. The van der Waals surface area contributed by atoms with E-state index in [4.69, 9.17) is 9.84 Å². The Bertz CT molecular complexity index is 1000. The molecule has 27 heavy (non-hydrogen) atoms. The quantitative estimate of drug-likeness (QED) is 0.615. The molecule has 1 aromatic heterocycles. The van der Waals surface area contributed by atoms with Gasteiger partial charge in [-0.05, 0) is 25.1 Å². The monoisotopic (exact) mass is 393 g/mol. The molecule has 0 aliphatic rings. The van der Waals surface area contributed by atoms with E-state index in [1.165, 1.54) is 16.7 Å². The molecule has 140 valence electrons. The summed E-state index contributed by atoms with van der Waals surface area (Å²) in [5.74, 6) is -4.76. The summed E-state index contributed by atoms with van der Waals surface area (Å²) in [4.78, 5) is 15.0. The molecule has 0 spiro atoms. The van der Waals surface area contributed by atoms with Crippen molar-refractivity contribution >= 4 is 17.3 Å². The standard InChI is InChI=1S/C19H14F3NO3S/c1-10-2-5-15(26-8-11-3-4-13(20)18(22)17(11)21)12(6-10)7-16-23-14(9-27-16)19(24)25/h2-6,9H,7-8H2,1H3,(H,24,25). The van der Waals surface area contributed by atoms with Gasteiger partial charge in [0.2, 0.25) is 0 Å². The highest BCUT2D eigenvalue weighted by atomic mass is 32.1. The second kappa shape index (κ2) is 7.79. The summed E-state index contributed by atoms with van der Waals surface area (Å²) in [6.07, 6.45) is 0.329. The van der Waals surface area contributed by atoms with Crippen LogP contribution in [0.25, 0.3) is 0 Å². The average Bonchev–Trinajstić information content (AvgIpc) is 3.09. The molecule has 0 bridgehead atoms. The molecule has 0 atom stereocenters. The molecule has 1 heterocycles. The Morgan fingerprint density at radius 3 is 2.63 bits per heavy atom. The molecule has 0 saturated heterocycles. The summed E-state index contributed by atoms with van der Waals surface area (Å²) in [6, 6.07) is 7.30. The van der Waals surface area contributed by atoms with Crippen LogP contribution in [0.1, 0.15) is 32.2 Å². The van der Waals surface area contributed by atoms with Crippen molar-refractivity contribution in [3.8, 4) is 5.75 Å². The van der Waals surface area contributed by atoms with Gasteiger partial charge in [0.15, 0.2) is 23.1 Å². The largest absolute Gasteiger partial charge is 0.488 e. The summed E-state index contributed by atoms with van der Waals surface area (Å²) in [5, 5.41) is 11.0. The first-order valence-electron chi connectivity index (χ1n) is 7.87. The normalized spacial score (nSPS) is 10.8. The number of carbonyl (C=O) groups is 1. The van der Waals surface area contributed by atoms with Gasteiger partial charge >= 0.3 is 5.97 Å². The summed E-state index contributed by atoms with van der Waals surface area (Å²) in [5.41, 5.74) is 1.53. The summed E-state index contributed by atoms with van der Waals surface area (Å²) in [6.45, 7) is 1.60. The molecule has 1 N–H and O–H groups in total. The van der Waals surface area contributed by atoms with Crippen LogP contribution in [0.2, 0.25) is 0 Å². The smallest absolute Gasteiger partial charge is 0.355 e. The Balaban J connectivity index is 1.81. The van der Waals surface area contributed by atoms with E-state index < -0.39 is 23.4 Å². The first-order valence-corrected chi connectivity index (χ1v) is 8.75. The van der Waals surface area contributed by atoms with E-state index >= 15 is 0 Å². The highest BCUT2D eigenvalue weighted by molar-refractivity contribution is 7.09. The van der Waals surface area contributed by atoms with E-state index in [0.29, 0.717) is 17.2 Å². The highest BCUT2D eigenvalue weighted by Crippen LogP contribution is 2.26. The number of ether oxygens (including phenoxy) is 1. The summed E-state index contributed by atoms with van der Waals surface area (Å²) < 4.78 is 45.8. The Morgan fingerprint density at radius 2 is 1.93 bits per heavy atom. The van der Waals surface area contributed by atoms with Crippen LogP contribution in [-0.4, -0.2) is 16.1 Å². The van der Waals surface area contributed by atoms with Crippen LogP contribution in [0.15, 0.2) is 35.7 Å². The van der Waals surface area contributed by atoms with Gasteiger partial charge in [0.1, 0.15) is 12.4 Å². The number of carboxylic acids is 1. The van der Waals surface area contributed by atoms with E-state index in [0.717, 1.165) is 23.3 Å². The third-order valence-electron chi connectivity index (χ3n) is 3.83. The second-order valence-corrected chi connectivity index (χ2v) is 6.79. The second-order valence-electron chi connectivity index (χ2n) is 5.84. The van der Waals surface area contributed by atoms with Gasteiger partial charge in [0.05, 0.1) is 5.01 Å². The van der Waals surface area contributed by atoms with Gasteiger partial charge < -0.3 is 9.84 Å². The predicted molar refractivity (Wildman–Crippen MR) is 93.7 cm³/mol. The Morgan fingerprint density at radius 1 is 1.15 bits per heavy atom.